The molecule has 0 bridgehead atoms. The molecule has 0 aliphatic heterocycles. The Morgan fingerprint density at radius 3 is 1.88 bits per heavy atom. The van der Waals surface area contributed by atoms with Gasteiger partial charge in [0, 0.05) is 5.56 Å². The molecule has 0 heterocycles. The summed E-state index contributed by atoms with van der Waals surface area (Å²) in [5.41, 5.74) is 4.96. The molecule has 0 spiro atoms. The largest absolute Gasteiger partial charge is 0.457 e. The fourth-order valence-corrected chi connectivity index (χ4v) is 1.36. The van der Waals surface area contributed by atoms with Crippen LogP contribution in [0, 0.1) is 5.82 Å². The van der Waals surface area contributed by atoms with Crippen molar-refractivity contribution >= 4 is 0 Å². The quantitative estimate of drug-likeness (QED) is 0.843. The first-order valence-corrected chi connectivity index (χ1v) is 5.09. The Balaban J connectivity index is 2.11. The van der Waals surface area contributed by atoms with E-state index in [0.717, 1.165) is 17.9 Å². The third kappa shape index (κ3) is 2.58. The van der Waals surface area contributed by atoms with Crippen LogP contribution >= 0.6 is 0 Å². The van der Waals surface area contributed by atoms with E-state index in [9.17, 15) is 4.39 Å². The molecule has 0 aliphatic carbocycles. The topological polar surface area (TPSA) is 36.9 Å². The van der Waals surface area contributed by atoms with Gasteiger partial charge in [-0.15, -0.1) is 0 Å². The molecule has 0 aromatic heterocycles. The number of rotatable bonds is 3. The average molecular weight is 218 g/mol. The average Bonchev–Trinajstić information content (AvgIpc) is 2.33. The maximum Gasteiger partial charge on any atom is 0.127 e. The summed E-state index contributed by atoms with van der Waals surface area (Å²) in [4.78, 5) is 0. The minimum Gasteiger partial charge on any atom is -0.457 e. The predicted molar refractivity (Wildman–Crippen MR) is 59.5 cm³/mol. The highest BCUT2D eigenvalue weighted by Gasteiger charge is 1.98. The monoisotopic (exact) mass is 218 g/mol. The van der Waals surface area contributed by atoms with Crippen molar-refractivity contribution in [2.45, 2.75) is 6.54 Å². The van der Waals surface area contributed by atoms with E-state index in [4.69, 9.17) is 4.74 Å². The van der Waals surface area contributed by atoms with E-state index in [0.29, 0.717) is 5.75 Å². The molecule has 0 fully saturated rings. The second-order valence-electron chi connectivity index (χ2n) is 3.45. The Hall–Kier alpha value is -1.87. The molecular weight excluding hydrogens is 205 g/mol. The summed E-state index contributed by atoms with van der Waals surface area (Å²) in [5.74, 6) is 1.10. The zero-order valence-electron chi connectivity index (χ0n) is 8.82. The van der Waals surface area contributed by atoms with Crippen LogP contribution in [0.4, 0.5) is 4.39 Å². The van der Waals surface area contributed by atoms with E-state index < -0.39 is 0 Å². The zero-order valence-corrected chi connectivity index (χ0v) is 8.82. The Kier molecular flexibility index (Phi) is 3.17. The van der Waals surface area contributed by atoms with Gasteiger partial charge in [-0.1, -0.05) is 0 Å². The summed E-state index contributed by atoms with van der Waals surface area (Å²) in [5, 5.41) is 0. The van der Waals surface area contributed by atoms with Crippen molar-refractivity contribution in [1.29, 1.82) is 0 Å². The molecule has 2 aromatic carbocycles. The lowest BCUT2D eigenvalue weighted by Crippen LogP contribution is -2.47. The summed E-state index contributed by atoms with van der Waals surface area (Å²) in [6, 6.07) is 13.6. The fraction of sp³-hybridized carbons (Fsp3) is 0.0769. The van der Waals surface area contributed by atoms with E-state index in [-0.39, 0.29) is 5.82 Å². The van der Waals surface area contributed by atoms with E-state index in [1.807, 2.05) is 24.3 Å². The van der Waals surface area contributed by atoms with Gasteiger partial charge in [-0.05, 0) is 48.5 Å². The molecule has 2 rings (SSSR count). The number of quaternary nitrogens is 1. The minimum absolute atomic E-state index is 0.264. The molecule has 0 atom stereocenters. The first-order valence-electron chi connectivity index (χ1n) is 5.09. The molecule has 0 amide bonds. The van der Waals surface area contributed by atoms with Crippen molar-refractivity contribution in [3.63, 3.8) is 0 Å². The van der Waals surface area contributed by atoms with Crippen LogP contribution in [-0.4, -0.2) is 0 Å². The normalized spacial score (nSPS) is 10.1. The van der Waals surface area contributed by atoms with Crippen LogP contribution in [0.3, 0.4) is 0 Å². The van der Waals surface area contributed by atoms with Crippen LogP contribution in [0.15, 0.2) is 48.5 Å². The van der Waals surface area contributed by atoms with E-state index in [1.54, 1.807) is 12.1 Å². The van der Waals surface area contributed by atoms with Crippen LogP contribution in [0.1, 0.15) is 5.56 Å². The first-order chi connectivity index (χ1) is 7.78. The maximum absolute atomic E-state index is 12.7. The molecule has 0 radical (unpaired) electrons. The predicted octanol–water partition coefficient (Wildman–Crippen LogP) is 2.36. The summed E-state index contributed by atoms with van der Waals surface area (Å²) >= 11 is 0. The van der Waals surface area contributed by atoms with Gasteiger partial charge >= 0.3 is 0 Å². The van der Waals surface area contributed by atoms with Gasteiger partial charge < -0.3 is 10.5 Å². The third-order valence-electron chi connectivity index (χ3n) is 2.26. The molecule has 3 N–H and O–H groups in total. The highest BCUT2D eigenvalue weighted by Crippen LogP contribution is 2.21. The molecule has 0 saturated heterocycles. The van der Waals surface area contributed by atoms with Gasteiger partial charge in [-0.3, -0.25) is 0 Å². The lowest BCUT2D eigenvalue weighted by molar-refractivity contribution is -0.386. The molecule has 3 heteroatoms. The second kappa shape index (κ2) is 4.77. The second-order valence-corrected chi connectivity index (χ2v) is 3.45. The SMILES string of the molecule is [NH3+]Cc1ccc(Oc2ccc(F)cc2)cc1. The maximum atomic E-state index is 12.7. The molecule has 82 valence electrons. The van der Waals surface area contributed by atoms with Crippen molar-refractivity contribution in [3.05, 3.63) is 59.9 Å². The van der Waals surface area contributed by atoms with Crippen LogP contribution in [-0.2, 0) is 6.54 Å². The van der Waals surface area contributed by atoms with Gasteiger partial charge in [-0.2, -0.15) is 0 Å². The van der Waals surface area contributed by atoms with Crippen molar-refractivity contribution in [2.24, 2.45) is 0 Å². The van der Waals surface area contributed by atoms with Crippen molar-refractivity contribution < 1.29 is 14.9 Å². The smallest absolute Gasteiger partial charge is 0.127 e. The molecular formula is C13H13FNO+. The number of hydrogen-bond donors (Lipinski definition) is 1. The van der Waals surface area contributed by atoms with Crippen molar-refractivity contribution in [1.82, 2.24) is 0 Å². The van der Waals surface area contributed by atoms with E-state index in [1.165, 1.54) is 12.1 Å². The van der Waals surface area contributed by atoms with Gasteiger partial charge in [0.15, 0.2) is 0 Å². The van der Waals surface area contributed by atoms with Crippen LogP contribution in [0.2, 0.25) is 0 Å². The molecule has 16 heavy (non-hydrogen) atoms. The summed E-state index contributed by atoms with van der Waals surface area (Å²) in [7, 11) is 0. The number of halogens is 1. The fourth-order valence-electron chi connectivity index (χ4n) is 1.36. The summed E-state index contributed by atoms with van der Waals surface area (Å²) in [6.45, 7) is 0.761. The lowest BCUT2D eigenvalue weighted by Gasteiger charge is -2.05. The Morgan fingerprint density at radius 1 is 0.875 bits per heavy atom. The third-order valence-corrected chi connectivity index (χ3v) is 2.26. The van der Waals surface area contributed by atoms with Gasteiger partial charge in [0.1, 0.15) is 17.3 Å². The van der Waals surface area contributed by atoms with Gasteiger partial charge in [0.05, 0.1) is 6.54 Å². The lowest BCUT2D eigenvalue weighted by atomic mass is 10.2. The number of benzene rings is 2. The molecule has 0 saturated carbocycles. The number of ether oxygens (including phenoxy) is 1. The van der Waals surface area contributed by atoms with Gasteiger partial charge in [0.25, 0.3) is 0 Å². The van der Waals surface area contributed by atoms with E-state index in [2.05, 4.69) is 5.73 Å². The molecule has 0 unspecified atom stereocenters. The van der Waals surface area contributed by atoms with Crippen molar-refractivity contribution in [3.8, 4) is 11.5 Å². The Labute approximate surface area is 93.5 Å². The van der Waals surface area contributed by atoms with Crippen LogP contribution in [0.5, 0.6) is 11.5 Å². The van der Waals surface area contributed by atoms with Gasteiger partial charge in [0.2, 0.25) is 0 Å². The van der Waals surface area contributed by atoms with Crippen LogP contribution < -0.4 is 10.5 Å². The van der Waals surface area contributed by atoms with Crippen LogP contribution in [0.25, 0.3) is 0 Å². The molecule has 2 nitrogen and oxygen atoms in total. The number of hydrogen-bond acceptors (Lipinski definition) is 1. The van der Waals surface area contributed by atoms with Crippen molar-refractivity contribution in [2.75, 3.05) is 0 Å². The standard InChI is InChI=1S/C13H12FNO/c14-11-3-7-13(8-4-11)16-12-5-1-10(9-15)2-6-12/h1-8H,9,15H2/p+1. The molecule has 0 aliphatic rings. The highest BCUT2D eigenvalue weighted by atomic mass is 19.1. The highest BCUT2D eigenvalue weighted by molar-refractivity contribution is 5.32. The minimum atomic E-state index is -0.264. The zero-order chi connectivity index (χ0) is 11.4. The first kappa shape index (κ1) is 10.6. The van der Waals surface area contributed by atoms with E-state index >= 15 is 0 Å². The Bertz CT molecular complexity index is 450. The summed E-state index contributed by atoms with van der Waals surface area (Å²) < 4.78 is 18.2. The van der Waals surface area contributed by atoms with Gasteiger partial charge in [-0.25, -0.2) is 4.39 Å². The summed E-state index contributed by atoms with van der Waals surface area (Å²) in [6.07, 6.45) is 0. The Morgan fingerprint density at radius 2 is 1.38 bits per heavy atom. The molecule has 2 aromatic rings.